The summed E-state index contributed by atoms with van der Waals surface area (Å²) >= 11 is 0. The van der Waals surface area contributed by atoms with E-state index in [2.05, 4.69) is 0 Å². The van der Waals surface area contributed by atoms with Crippen LogP contribution in [0.25, 0.3) is 0 Å². The van der Waals surface area contributed by atoms with Crippen LogP contribution < -0.4 is 0 Å². The van der Waals surface area contributed by atoms with Gasteiger partial charge in [0, 0.05) is 6.61 Å². The number of carbonyl (C=O) groups is 1. The average molecular weight is 240 g/mol. The Balaban J connectivity index is 1.79. The van der Waals surface area contributed by atoms with Crippen LogP contribution in [0.4, 0.5) is 0 Å². The van der Waals surface area contributed by atoms with Crippen LogP contribution in [0.15, 0.2) is 0 Å². The van der Waals surface area contributed by atoms with Gasteiger partial charge in [0.1, 0.15) is 17.8 Å². The Labute approximate surface area is 99.0 Å². The molecule has 0 radical (unpaired) electrons. The van der Waals surface area contributed by atoms with Gasteiger partial charge in [0.05, 0.1) is 17.9 Å². The van der Waals surface area contributed by atoms with Crippen molar-refractivity contribution < 1.29 is 24.1 Å². The maximum atomic E-state index is 12.2. The second-order valence-corrected chi connectivity index (χ2v) is 5.46. The third-order valence-corrected chi connectivity index (χ3v) is 4.80. The van der Waals surface area contributed by atoms with Gasteiger partial charge in [-0.3, -0.25) is 4.79 Å². The van der Waals surface area contributed by atoms with Crippen molar-refractivity contribution in [1.29, 1.82) is 0 Å². The average Bonchev–Trinajstić information content (AvgIpc) is 2.30. The van der Waals surface area contributed by atoms with E-state index in [0.29, 0.717) is 13.0 Å². The molecule has 0 amide bonds. The van der Waals surface area contributed by atoms with E-state index in [-0.39, 0.29) is 23.7 Å². The molecule has 2 unspecified atom stereocenters. The van der Waals surface area contributed by atoms with Crippen molar-refractivity contribution in [3.05, 3.63) is 0 Å². The molecule has 2 saturated carbocycles. The highest BCUT2D eigenvalue weighted by Crippen LogP contribution is 2.59. The van der Waals surface area contributed by atoms with Crippen LogP contribution in [0.3, 0.4) is 0 Å². The smallest absolute Gasteiger partial charge is 0.170 e. The zero-order valence-electron chi connectivity index (χ0n) is 9.67. The molecule has 5 nitrogen and oxygen atoms in total. The number of rotatable bonds is 2. The minimum atomic E-state index is -0.921. The number of ether oxygens (including phenoxy) is 3. The fraction of sp³-hybridized carbons (Fsp3) is 0.917. The predicted octanol–water partition coefficient (Wildman–Crippen LogP) is -0.145. The van der Waals surface area contributed by atoms with Gasteiger partial charge in [-0.15, -0.1) is 0 Å². The summed E-state index contributed by atoms with van der Waals surface area (Å²) < 4.78 is 16.9. The molecule has 7 fully saturated rings. The first kappa shape index (κ1) is 10.4. The lowest BCUT2D eigenvalue weighted by Crippen LogP contribution is -2.82. The molecule has 0 aromatic carbocycles. The van der Waals surface area contributed by atoms with Crippen LogP contribution in [0.1, 0.15) is 19.8 Å². The Morgan fingerprint density at radius 1 is 1.53 bits per heavy atom. The summed E-state index contributed by atoms with van der Waals surface area (Å²) in [6, 6.07) is 0. The third kappa shape index (κ3) is 1.03. The van der Waals surface area contributed by atoms with Gasteiger partial charge in [-0.1, -0.05) is 0 Å². The first-order valence-corrected chi connectivity index (χ1v) is 6.35. The normalized spacial score (nSPS) is 59.1. The van der Waals surface area contributed by atoms with Gasteiger partial charge in [-0.05, 0) is 19.8 Å². The number of ketones is 1. The molecule has 0 spiro atoms. The minimum absolute atomic E-state index is 0.0327. The molecule has 94 valence electrons. The zero-order valence-corrected chi connectivity index (χ0v) is 9.67. The summed E-state index contributed by atoms with van der Waals surface area (Å²) in [7, 11) is 0. The molecule has 0 aromatic rings. The Morgan fingerprint density at radius 3 is 3.12 bits per heavy atom. The molecule has 5 heterocycles. The molecule has 0 aromatic heterocycles. The second-order valence-electron chi connectivity index (χ2n) is 5.46. The highest BCUT2D eigenvalue weighted by molar-refractivity contribution is 5.90. The predicted molar refractivity (Wildman–Crippen MR) is 55.1 cm³/mol. The standard InChI is InChI=1S/C12H16O5/c1-2-15-11-7-6-5-3-4-12(7,14)10(16-5)9(17-11)8(6)13/h5-7,9-11,14H,2-4H2,1H3/t5-,6-,7?,9+,10-,11?,12-/m1/s1. The molecule has 6 bridgehead atoms. The highest BCUT2D eigenvalue weighted by atomic mass is 16.7. The van der Waals surface area contributed by atoms with E-state index in [0.717, 1.165) is 6.42 Å². The van der Waals surface area contributed by atoms with Crippen molar-refractivity contribution in [3.8, 4) is 0 Å². The van der Waals surface area contributed by atoms with Crippen LogP contribution >= 0.6 is 0 Å². The van der Waals surface area contributed by atoms with Crippen LogP contribution in [0.2, 0.25) is 0 Å². The molecule has 1 N–H and O–H groups in total. The van der Waals surface area contributed by atoms with Crippen molar-refractivity contribution in [2.75, 3.05) is 6.61 Å². The van der Waals surface area contributed by atoms with Crippen molar-refractivity contribution in [2.45, 2.75) is 50.0 Å². The summed E-state index contributed by atoms with van der Waals surface area (Å²) in [5, 5.41) is 10.8. The molecule has 5 saturated heterocycles. The van der Waals surface area contributed by atoms with Crippen molar-refractivity contribution in [1.82, 2.24) is 0 Å². The topological polar surface area (TPSA) is 65.0 Å². The van der Waals surface area contributed by atoms with E-state index in [1.54, 1.807) is 0 Å². The van der Waals surface area contributed by atoms with E-state index in [4.69, 9.17) is 14.2 Å². The lowest BCUT2D eigenvalue weighted by Gasteiger charge is -2.67. The Morgan fingerprint density at radius 2 is 2.35 bits per heavy atom. The number of aliphatic hydroxyl groups is 1. The lowest BCUT2D eigenvalue weighted by atomic mass is 9.53. The molecule has 7 atom stereocenters. The largest absolute Gasteiger partial charge is 0.387 e. The summed E-state index contributed by atoms with van der Waals surface area (Å²) in [6.07, 6.45) is -0.107. The first-order valence-electron chi connectivity index (χ1n) is 6.35. The summed E-state index contributed by atoms with van der Waals surface area (Å²) in [5.74, 6) is -0.358. The van der Waals surface area contributed by atoms with E-state index in [1.165, 1.54) is 0 Å². The van der Waals surface area contributed by atoms with E-state index < -0.39 is 24.1 Å². The number of carbonyl (C=O) groups excluding carboxylic acids is 1. The van der Waals surface area contributed by atoms with E-state index in [9.17, 15) is 9.90 Å². The molecular formula is C12H16O5. The maximum Gasteiger partial charge on any atom is 0.170 e. The minimum Gasteiger partial charge on any atom is -0.387 e. The maximum absolute atomic E-state index is 12.2. The Kier molecular flexibility index (Phi) is 1.90. The monoisotopic (exact) mass is 240 g/mol. The first-order chi connectivity index (χ1) is 8.16. The fourth-order valence-electron chi connectivity index (χ4n) is 4.16. The highest BCUT2D eigenvalue weighted by Gasteiger charge is 2.74. The van der Waals surface area contributed by atoms with E-state index in [1.807, 2.05) is 6.92 Å². The molecule has 5 heteroatoms. The second kappa shape index (κ2) is 3.09. The van der Waals surface area contributed by atoms with Gasteiger partial charge >= 0.3 is 0 Å². The summed E-state index contributed by atoms with van der Waals surface area (Å²) in [6.45, 7) is 2.42. The van der Waals surface area contributed by atoms with Crippen molar-refractivity contribution in [2.24, 2.45) is 11.8 Å². The number of hydrogen-bond acceptors (Lipinski definition) is 5. The summed E-state index contributed by atoms with van der Waals surface area (Å²) in [5.41, 5.74) is -0.921. The van der Waals surface area contributed by atoms with E-state index >= 15 is 0 Å². The van der Waals surface area contributed by atoms with Crippen molar-refractivity contribution >= 4 is 5.78 Å². The number of Topliss-reactive ketones (excluding diaryl/α,β-unsaturated/α-hetero) is 1. The zero-order chi connectivity index (χ0) is 11.8. The van der Waals surface area contributed by atoms with Gasteiger partial charge < -0.3 is 19.3 Å². The van der Waals surface area contributed by atoms with Crippen LogP contribution in [-0.2, 0) is 19.0 Å². The molecular weight excluding hydrogens is 224 g/mol. The lowest BCUT2D eigenvalue weighted by molar-refractivity contribution is -0.398. The molecule has 5 aliphatic heterocycles. The van der Waals surface area contributed by atoms with Gasteiger partial charge in [0.15, 0.2) is 12.1 Å². The van der Waals surface area contributed by atoms with Gasteiger partial charge in [0.25, 0.3) is 0 Å². The Bertz CT molecular complexity index is 383. The van der Waals surface area contributed by atoms with Gasteiger partial charge in [-0.2, -0.15) is 0 Å². The fourth-order valence-corrected chi connectivity index (χ4v) is 4.16. The third-order valence-electron chi connectivity index (χ3n) is 4.80. The summed E-state index contributed by atoms with van der Waals surface area (Å²) in [4.78, 5) is 12.2. The molecule has 17 heavy (non-hydrogen) atoms. The van der Waals surface area contributed by atoms with Crippen LogP contribution in [0.5, 0.6) is 0 Å². The van der Waals surface area contributed by atoms with Gasteiger partial charge in [-0.25, -0.2) is 0 Å². The van der Waals surface area contributed by atoms with Gasteiger partial charge in [0.2, 0.25) is 0 Å². The molecule has 7 rings (SSSR count). The SMILES string of the molecule is CCOC1O[C@H]2C(=O)[C@H]3C1[C@]1(O)CC[C@H]3O[C@H]21. The van der Waals surface area contributed by atoms with Crippen molar-refractivity contribution in [3.63, 3.8) is 0 Å². The van der Waals surface area contributed by atoms with Crippen LogP contribution in [0, 0.1) is 11.8 Å². The molecule has 2 aliphatic carbocycles. The van der Waals surface area contributed by atoms with Crippen LogP contribution in [-0.4, -0.2) is 47.7 Å². The molecule has 7 aliphatic rings. The number of fused-ring (bicyclic) bond motifs is 2. The Hall–Kier alpha value is -0.490. The number of hydrogen-bond donors (Lipinski definition) is 1. The quantitative estimate of drug-likeness (QED) is 0.727.